The van der Waals surface area contributed by atoms with Gasteiger partial charge in [0.2, 0.25) is 17.8 Å². The molecule has 21 aromatic carbocycles. The number of nitrogens with zero attached hydrogens (tertiary/aromatic N) is 12. The maximum Gasteiger partial charge on any atom is 0.238 e. The molecule has 0 N–H and O–H groups in total. The minimum absolute atomic E-state index is 0.545. The van der Waals surface area contributed by atoms with E-state index >= 15 is 0 Å². The van der Waals surface area contributed by atoms with Crippen LogP contribution in [0.5, 0.6) is 0 Å². The van der Waals surface area contributed by atoms with Crippen LogP contribution in [0.2, 0.25) is 0 Å². The zero-order valence-electron chi connectivity index (χ0n) is 71.2. The van der Waals surface area contributed by atoms with Crippen LogP contribution in [0.4, 0.5) is 0 Å². The molecule has 13 heterocycles. The van der Waals surface area contributed by atoms with Crippen molar-refractivity contribution in [1.29, 1.82) is 0 Å². The number of hydrogen-bond acceptors (Lipinski definition) is 16. The summed E-state index contributed by atoms with van der Waals surface area (Å²) in [7, 11) is 0. The first-order chi connectivity index (χ1) is 67.4. The summed E-state index contributed by atoms with van der Waals surface area (Å²) in [4.78, 5) is 45.7. The third-order valence-electron chi connectivity index (χ3n) is 28.0. The van der Waals surface area contributed by atoms with Crippen molar-refractivity contribution in [3.8, 4) is 86.2 Å². The quantitative estimate of drug-likeness (QED) is 0.132. The minimum atomic E-state index is 0.545. The number of aromatic nitrogens is 12. The summed E-state index contributed by atoms with van der Waals surface area (Å²) in [6.07, 6.45) is 0. The SMILES string of the molecule is c1ccc(-c2nc(-c3ccccc3)nc(-n3c4ccc5oc6ccc7oc8ccc9oc%10ccc3c3c%10c9c8c7c6c5c34)n2)cc1.c1ccc(-c2nc(-c3ccccc3)nc(-n3c4cccc5c6cccc7oc8ccc9oc%10ccc3c(c%10c9c8c76)c54)n2)cc1.c1ccc(-c2nc(-c3ccccc3)nc(-n3c4cccc5c6cccc7sc8ccc9oc%10ccc3c(c%10c9c8c76)c54)n2)cc1. The van der Waals surface area contributed by atoms with Crippen molar-refractivity contribution in [3.05, 3.63) is 352 Å². The molecule has 13 aromatic heterocycles. The number of thiophene rings is 1. The first-order valence-electron chi connectivity index (χ1n) is 45.1. The van der Waals surface area contributed by atoms with E-state index in [0.29, 0.717) is 52.8 Å². The molecule has 0 aliphatic heterocycles. The van der Waals surface area contributed by atoms with E-state index in [4.69, 9.17) is 71.4 Å². The van der Waals surface area contributed by atoms with Gasteiger partial charge in [-0.1, -0.05) is 231 Å². The molecule has 0 spiro atoms. The van der Waals surface area contributed by atoms with Crippen molar-refractivity contribution in [2.45, 2.75) is 0 Å². The van der Waals surface area contributed by atoms with Crippen molar-refractivity contribution >= 4 is 250 Å². The third kappa shape index (κ3) is 9.76. The molecule has 136 heavy (non-hydrogen) atoms. The molecule has 34 rings (SSSR count). The molecule has 0 fully saturated rings. The Hall–Kier alpha value is -18.6. The predicted octanol–water partition coefficient (Wildman–Crippen LogP) is 31.0. The van der Waals surface area contributed by atoms with E-state index in [1.807, 2.05) is 230 Å². The summed E-state index contributed by atoms with van der Waals surface area (Å²) in [5.41, 5.74) is 21.9. The molecule has 34 aromatic rings. The van der Waals surface area contributed by atoms with Crippen LogP contribution in [0, 0.1) is 0 Å². The monoisotopic (exact) mass is 1760 g/mol. The van der Waals surface area contributed by atoms with Gasteiger partial charge in [0, 0.05) is 151 Å². The fraction of sp³-hybridized carbons (Fsp3) is 0. The molecular formula is C117H58N12O6S. The fourth-order valence-electron chi connectivity index (χ4n) is 22.5. The van der Waals surface area contributed by atoms with Gasteiger partial charge in [-0.15, -0.1) is 11.3 Å². The van der Waals surface area contributed by atoms with E-state index in [0.717, 1.165) is 225 Å². The van der Waals surface area contributed by atoms with Gasteiger partial charge in [-0.25, -0.2) is 15.0 Å². The van der Waals surface area contributed by atoms with Crippen LogP contribution in [0.25, 0.3) is 325 Å². The van der Waals surface area contributed by atoms with Crippen molar-refractivity contribution in [2.24, 2.45) is 0 Å². The Labute approximate surface area is 768 Å². The van der Waals surface area contributed by atoms with Crippen molar-refractivity contribution in [1.82, 2.24) is 58.6 Å². The number of fused-ring (bicyclic) bond motifs is 2. The van der Waals surface area contributed by atoms with Gasteiger partial charge in [-0.2, -0.15) is 29.9 Å². The molecule has 0 unspecified atom stereocenters. The Morgan fingerprint density at radius 1 is 0.147 bits per heavy atom. The highest BCUT2D eigenvalue weighted by Gasteiger charge is 2.34. The third-order valence-corrected chi connectivity index (χ3v) is 29.1. The Morgan fingerprint density at radius 3 is 0.669 bits per heavy atom. The minimum Gasteiger partial charge on any atom is -0.456 e. The maximum absolute atomic E-state index is 6.58. The lowest BCUT2D eigenvalue weighted by Crippen LogP contribution is -2.06. The molecule has 18 nitrogen and oxygen atoms in total. The predicted molar refractivity (Wildman–Crippen MR) is 545 cm³/mol. The molecule has 628 valence electrons. The summed E-state index contributed by atoms with van der Waals surface area (Å²) >= 11 is 1.85. The van der Waals surface area contributed by atoms with Gasteiger partial charge in [-0.3, -0.25) is 13.7 Å². The molecule has 0 bridgehead atoms. The second-order valence-electron chi connectivity index (χ2n) is 35.1. The average Bonchev–Trinajstić information content (AvgIpc) is 1.49. The number of rotatable bonds is 9. The van der Waals surface area contributed by atoms with Crippen LogP contribution in [0.15, 0.2) is 378 Å². The lowest BCUT2D eigenvalue weighted by molar-refractivity contribution is 0.660. The molecule has 19 heteroatoms. The van der Waals surface area contributed by atoms with Crippen LogP contribution < -0.4 is 0 Å². The Kier molecular flexibility index (Phi) is 14.1. The van der Waals surface area contributed by atoms with Gasteiger partial charge in [0.05, 0.1) is 33.1 Å². The number of benzene rings is 18. The summed E-state index contributed by atoms with van der Waals surface area (Å²) in [6, 6.07) is 120. The Balaban J connectivity index is 0.0000000932. The Morgan fingerprint density at radius 2 is 0.360 bits per heavy atom. The topological polar surface area (TPSA) is 210 Å². The highest BCUT2D eigenvalue weighted by molar-refractivity contribution is 7.26. The molecule has 0 amide bonds. The standard InChI is InChI=1S/C39H18N4O3.C39H20N4O2.C39H20N4OS/c1-3-7-19(8-4-1)37-40-38(20-9-5-2-6-10-20)42-39(41-37)43-21-11-13-23-31-29(21)30-22(43)12-14-24-32(30)34-26(45-24)16-18-28-36(34)35-27(46-28)17-15-25(44-23)33(31)35;1-3-9-21(10-4-1)37-40-38(22-11-5-2-6-12-22)42-39(41-37)43-25-15-7-13-23-24-14-8-16-27-32(24)34-29(44-27)19-20-30-36(34)35-28(45-30)18-17-26(43)33(35)31(23)25;1-3-9-21(10-4-1)37-40-38(22-11-5-2-6-12-22)42-39(41-37)43-25-15-7-13-23-24-14-8-16-29-32(24)36-30(45-29)20-19-28-35(36)34-27(44-28)18-17-26(43)33(34)31(23)25/h1-18H;2*1-20H. The van der Waals surface area contributed by atoms with Gasteiger partial charge in [0.1, 0.15) is 67.0 Å². The van der Waals surface area contributed by atoms with Gasteiger partial charge in [0.15, 0.2) is 34.9 Å². The maximum atomic E-state index is 6.58. The summed E-state index contributed by atoms with van der Waals surface area (Å²) in [6.45, 7) is 0. The van der Waals surface area contributed by atoms with E-state index in [1.165, 1.54) is 47.1 Å². The summed E-state index contributed by atoms with van der Waals surface area (Å²) < 4.78 is 48.2. The van der Waals surface area contributed by atoms with Gasteiger partial charge in [0.25, 0.3) is 0 Å². The fourth-order valence-corrected chi connectivity index (χ4v) is 23.6. The van der Waals surface area contributed by atoms with Crippen LogP contribution in [0.1, 0.15) is 0 Å². The van der Waals surface area contributed by atoms with Crippen LogP contribution in [-0.4, -0.2) is 58.6 Å². The van der Waals surface area contributed by atoms with Gasteiger partial charge >= 0.3 is 0 Å². The molecule has 0 saturated carbocycles. The van der Waals surface area contributed by atoms with Crippen LogP contribution in [-0.2, 0) is 0 Å². The van der Waals surface area contributed by atoms with E-state index < -0.39 is 0 Å². The summed E-state index contributed by atoms with van der Waals surface area (Å²) in [5, 5.41) is 27.1. The van der Waals surface area contributed by atoms with Crippen molar-refractivity contribution < 1.29 is 26.5 Å². The first kappa shape index (κ1) is 72.2. The average molecular weight is 1760 g/mol. The normalized spacial score (nSPS) is 12.6. The van der Waals surface area contributed by atoms with E-state index in [1.54, 1.807) is 0 Å². The molecule has 0 saturated heterocycles. The first-order valence-corrected chi connectivity index (χ1v) is 45.9. The smallest absolute Gasteiger partial charge is 0.238 e. The van der Waals surface area contributed by atoms with Crippen LogP contribution >= 0.6 is 11.3 Å². The zero-order chi connectivity index (χ0) is 88.1. The summed E-state index contributed by atoms with van der Waals surface area (Å²) in [5.74, 6) is 5.44. The van der Waals surface area contributed by atoms with Crippen LogP contribution in [0.3, 0.4) is 0 Å². The van der Waals surface area contributed by atoms with Crippen molar-refractivity contribution in [2.75, 3.05) is 0 Å². The van der Waals surface area contributed by atoms with E-state index in [-0.39, 0.29) is 0 Å². The Bertz CT molecular complexity index is 10200. The second kappa shape index (κ2) is 26.6. The highest BCUT2D eigenvalue weighted by atomic mass is 32.1. The lowest BCUT2D eigenvalue weighted by atomic mass is 9.95. The number of furan rings is 6. The largest absolute Gasteiger partial charge is 0.456 e. The van der Waals surface area contributed by atoms with Gasteiger partial charge in [-0.05, 0) is 143 Å². The lowest BCUT2D eigenvalue weighted by Gasteiger charge is -2.11. The second-order valence-corrected chi connectivity index (χ2v) is 36.2. The van der Waals surface area contributed by atoms with Crippen molar-refractivity contribution in [3.63, 3.8) is 0 Å². The molecule has 0 atom stereocenters. The highest BCUT2D eigenvalue weighted by Crippen LogP contribution is 2.57. The van der Waals surface area contributed by atoms with E-state index in [9.17, 15) is 0 Å². The molecular weight excluding hydrogens is 1700 g/mol. The molecule has 0 radical (unpaired) electrons. The van der Waals surface area contributed by atoms with Gasteiger partial charge < -0.3 is 26.5 Å². The number of hydrogen-bond donors (Lipinski definition) is 0. The van der Waals surface area contributed by atoms with E-state index in [2.05, 4.69) is 147 Å². The molecule has 0 aliphatic rings. The zero-order valence-corrected chi connectivity index (χ0v) is 72.0. The molecule has 0 aliphatic carbocycles.